The van der Waals surface area contributed by atoms with Crippen molar-refractivity contribution in [2.24, 2.45) is 0 Å². The topological polar surface area (TPSA) is 41.6 Å². The van der Waals surface area contributed by atoms with E-state index < -0.39 is 5.82 Å². The Morgan fingerprint density at radius 3 is 2.86 bits per heavy atom. The summed E-state index contributed by atoms with van der Waals surface area (Å²) in [6.45, 7) is 0. The molecule has 2 heterocycles. The minimum atomic E-state index is -0.398. The highest BCUT2D eigenvalue weighted by atomic mass is 32.1. The Kier molecular flexibility index (Phi) is 2.32. The number of hydrogen-bond acceptors (Lipinski definition) is 3. The molecule has 0 aliphatic carbocycles. The van der Waals surface area contributed by atoms with Crippen LogP contribution in [0.3, 0.4) is 0 Å². The van der Waals surface area contributed by atoms with Crippen molar-refractivity contribution in [2.75, 3.05) is 0 Å². The van der Waals surface area contributed by atoms with Crippen LogP contribution in [0, 0.1) is 10.5 Å². The molecule has 0 amide bonds. The Morgan fingerprint density at radius 1 is 1.36 bits per heavy atom. The smallest absolute Gasteiger partial charge is 0.150 e. The molecule has 1 N–H and O–H groups in total. The van der Waals surface area contributed by atoms with Gasteiger partial charge < -0.3 is 4.98 Å². The lowest BCUT2D eigenvalue weighted by Gasteiger charge is -2.00. The molecule has 14 heavy (non-hydrogen) atoms. The van der Waals surface area contributed by atoms with E-state index in [9.17, 15) is 4.39 Å². The molecular weight excluding hydrogens is 201 g/mol. The summed E-state index contributed by atoms with van der Waals surface area (Å²) in [6.07, 6.45) is 5.71. The summed E-state index contributed by atoms with van der Waals surface area (Å²) < 4.78 is 13.8. The maximum atomic E-state index is 13.2. The van der Waals surface area contributed by atoms with Crippen molar-refractivity contribution in [1.29, 1.82) is 0 Å². The number of nitrogens with one attached hydrogen (secondary N) is 1. The molecule has 0 bridgehead atoms. The third-order valence-electron chi connectivity index (χ3n) is 1.72. The SMILES string of the molecule is Fc1cnccc1-c1c[nH]c(=S)cn1. The Bertz CT molecular complexity index is 489. The average Bonchev–Trinajstić information content (AvgIpc) is 2.20. The zero-order chi connectivity index (χ0) is 9.97. The fourth-order valence-corrected chi connectivity index (χ4v) is 1.18. The number of aromatic nitrogens is 3. The Morgan fingerprint density at radius 2 is 2.21 bits per heavy atom. The van der Waals surface area contributed by atoms with Crippen LogP contribution in [0.4, 0.5) is 4.39 Å². The molecule has 0 saturated heterocycles. The molecule has 0 atom stereocenters. The number of hydrogen-bond donors (Lipinski definition) is 1. The fourth-order valence-electron chi connectivity index (χ4n) is 1.07. The zero-order valence-corrected chi connectivity index (χ0v) is 7.88. The molecule has 2 aromatic rings. The largest absolute Gasteiger partial charge is 0.350 e. The van der Waals surface area contributed by atoms with Gasteiger partial charge >= 0.3 is 0 Å². The van der Waals surface area contributed by atoms with Crippen molar-refractivity contribution < 1.29 is 4.39 Å². The van der Waals surface area contributed by atoms with E-state index in [1.807, 2.05) is 0 Å². The van der Waals surface area contributed by atoms with Gasteiger partial charge in [-0.15, -0.1) is 0 Å². The molecule has 0 aromatic carbocycles. The molecule has 3 nitrogen and oxygen atoms in total. The first-order valence-corrected chi connectivity index (χ1v) is 4.33. The molecule has 0 fully saturated rings. The summed E-state index contributed by atoms with van der Waals surface area (Å²) in [4.78, 5) is 10.5. The highest BCUT2D eigenvalue weighted by Crippen LogP contribution is 2.17. The highest BCUT2D eigenvalue weighted by molar-refractivity contribution is 7.71. The first-order chi connectivity index (χ1) is 6.77. The predicted molar refractivity (Wildman–Crippen MR) is 52.6 cm³/mol. The second-order valence-corrected chi connectivity index (χ2v) is 3.09. The van der Waals surface area contributed by atoms with Crippen LogP contribution in [0.1, 0.15) is 0 Å². The van der Waals surface area contributed by atoms with Crippen molar-refractivity contribution in [3.63, 3.8) is 0 Å². The maximum Gasteiger partial charge on any atom is 0.150 e. The van der Waals surface area contributed by atoms with E-state index in [4.69, 9.17) is 12.2 Å². The standard InChI is InChI=1S/C9H6FN3S/c10-7-3-11-2-1-6(7)8-4-13-9(14)5-12-8/h1-5H,(H,13,14). The van der Waals surface area contributed by atoms with Crippen LogP contribution in [-0.2, 0) is 0 Å². The van der Waals surface area contributed by atoms with Gasteiger partial charge in [0.1, 0.15) is 4.64 Å². The van der Waals surface area contributed by atoms with Gasteiger partial charge in [-0.05, 0) is 6.07 Å². The van der Waals surface area contributed by atoms with Crippen molar-refractivity contribution in [3.8, 4) is 11.3 Å². The van der Waals surface area contributed by atoms with Crippen LogP contribution < -0.4 is 0 Å². The molecule has 70 valence electrons. The molecule has 0 saturated carbocycles. The van der Waals surface area contributed by atoms with E-state index in [0.29, 0.717) is 15.9 Å². The van der Waals surface area contributed by atoms with Gasteiger partial charge in [0, 0.05) is 18.0 Å². The van der Waals surface area contributed by atoms with Crippen LogP contribution in [-0.4, -0.2) is 15.0 Å². The monoisotopic (exact) mass is 207 g/mol. The van der Waals surface area contributed by atoms with Crippen molar-refractivity contribution >= 4 is 12.2 Å². The Hall–Kier alpha value is -1.62. The Balaban J connectivity index is 2.55. The molecule has 0 unspecified atom stereocenters. The van der Waals surface area contributed by atoms with Crippen LogP contribution in [0.2, 0.25) is 0 Å². The van der Waals surface area contributed by atoms with Gasteiger partial charge in [0.25, 0.3) is 0 Å². The lowest BCUT2D eigenvalue weighted by atomic mass is 10.2. The van der Waals surface area contributed by atoms with E-state index in [0.717, 1.165) is 6.20 Å². The normalized spacial score (nSPS) is 10.1. The lowest BCUT2D eigenvalue weighted by Crippen LogP contribution is -1.89. The summed E-state index contributed by atoms with van der Waals surface area (Å²) in [7, 11) is 0. The van der Waals surface area contributed by atoms with Crippen molar-refractivity contribution in [1.82, 2.24) is 15.0 Å². The molecule has 5 heteroatoms. The average molecular weight is 207 g/mol. The summed E-state index contributed by atoms with van der Waals surface area (Å²) >= 11 is 4.83. The first-order valence-electron chi connectivity index (χ1n) is 3.92. The van der Waals surface area contributed by atoms with Crippen LogP contribution in [0.25, 0.3) is 11.3 Å². The minimum absolute atomic E-state index is 0.398. The quantitative estimate of drug-likeness (QED) is 0.730. The molecular formula is C9H6FN3S. The van der Waals surface area contributed by atoms with E-state index in [1.165, 1.54) is 12.4 Å². The maximum absolute atomic E-state index is 13.2. The van der Waals surface area contributed by atoms with Crippen LogP contribution >= 0.6 is 12.2 Å². The molecule has 2 aromatic heterocycles. The highest BCUT2D eigenvalue weighted by Gasteiger charge is 2.04. The van der Waals surface area contributed by atoms with Crippen LogP contribution in [0.15, 0.2) is 30.9 Å². The van der Waals surface area contributed by atoms with Gasteiger partial charge in [0.05, 0.1) is 18.1 Å². The second-order valence-electron chi connectivity index (χ2n) is 2.65. The van der Waals surface area contributed by atoms with Crippen molar-refractivity contribution in [3.05, 3.63) is 41.3 Å². The van der Waals surface area contributed by atoms with Gasteiger partial charge in [0.2, 0.25) is 0 Å². The zero-order valence-electron chi connectivity index (χ0n) is 7.07. The number of nitrogens with zero attached hydrogens (tertiary/aromatic N) is 2. The summed E-state index contributed by atoms with van der Waals surface area (Å²) in [5.74, 6) is -0.398. The van der Waals surface area contributed by atoms with E-state index in [-0.39, 0.29) is 0 Å². The van der Waals surface area contributed by atoms with Gasteiger partial charge in [-0.3, -0.25) is 9.97 Å². The third-order valence-corrected chi connectivity index (χ3v) is 1.94. The van der Waals surface area contributed by atoms with Gasteiger partial charge in [-0.2, -0.15) is 0 Å². The Labute approximate surface area is 84.7 Å². The lowest BCUT2D eigenvalue weighted by molar-refractivity contribution is 0.624. The molecule has 0 aliphatic rings. The molecule has 0 aliphatic heterocycles. The van der Waals surface area contributed by atoms with Crippen molar-refractivity contribution in [2.45, 2.75) is 0 Å². The van der Waals surface area contributed by atoms with E-state index in [1.54, 1.807) is 12.3 Å². The number of H-pyrrole nitrogens is 1. The van der Waals surface area contributed by atoms with Gasteiger partial charge in [0.15, 0.2) is 5.82 Å². The number of pyridine rings is 1. The van der Waals surface area contributed by atoms with E-state index in [2.05, 4.69) is 15.0 Å². The van der Waals surface area contributed by atoms with Crippen LogP contribution in [0.5, 0.6) is 0 Å². The number of aromatic amines is 1. The fraction of sp³-hybridized carbons (Fsp3) is 0. The number of rotatable bonds is 1. The van der Waals surface area contributed by atoms with E-state index >= 15 is 0 Å². The van der Waals surface area contributed by atoms with Gasteiger partial charge in [-0.25, -0.2) is 4.39 Å². The van der Waals surface area contributed by atoms with Gasteiger partial charge in [-0.1, -0.05) is 12.2 Å². The summed E-state index contributed by atoms with van der Waals surface area (Å²) in [6, 6.07) is 1.56. The molecule has 2 rings (SSSR count). The third kappa shape index (κ3) is 1.67. The second kappa shape index (κ2) is 3.63. The number of halogens is 1. The molecule has 0 spiro atoms. The summed E-state index contributed by atoms with van der Waals surface area (Å²) in [5, 5.41) is 0. The summed E-state index contributed by atoms with van der Waals surface area (Å²) in [5.41, 5.74) is 0.921. The first kappa shape index (κ1) is 8.96. The predicted octanol–water partition coefficient (Wildman–Crippen LogP) is 2.34. The minimum Gasteiger partial charge on any atom is -0.350 e. The molecule has 0 radical (unpaired) electrons.